The molecule has 0 saturated carbocycles. The van der Waals surface area contributed by atoms with Crippen molar-refractivity contribution in [1.29, 1.82) is 0 Å². The summed E-state index contributed by atoms with van der Waals surface area (Å²) in [5.41, 5.74) is 1.72. The van der Waals surface area contributed by atoms with Crippen LogP contribution in [0.3, 0.4) is 0 Å². The molecule has 0 spiro atoms. The maximum absolute atomic E-state index is 12.5. The fourth-order valence-electron chi connectivity index (χ4n) is 3.88. The number of aromatic nitrogens is 2. The first-order valence-electron chi connectivity index (χ1n) is 10.3. The van der Waals surface area contributed by atoms with Crippen LogP contribution in [0, 0.1) is 5.92 Å². The fourth-order valence-corrected chi connectivity index (χ4v) is 3.88. The Morgan fingerprint density at radius 3 is 2.47 bits per heavy atom. The third-order valence-electron chi connectivity index (χ3n) is 5.80. The standard InChI is InChI=1S/C23H26N4O3/c1-16(22-25-26-23(30-22)18-8-10-20(29-2)11-9-18)27-14-12-17(13-15-27)21(28)24-19-6-4-3-5-7-19/h3-11,16-17H,12-15H2,1-2H3,(H,24,28)/p+1/t16-/m0/s1. The van der Waals surface area contributed by atoms with Gasteiger partial charge in [0.15, 0.2) is 6.04 Å². The molecule has 1 amide bonds. The van der Waals surface area contributed by atoms with Crippen LogP contribution in [0.4, 0.5) is 5.69 Å². The average molecular weight is 407 g/mol. The molecule has 7 heteroatoms. The number of nitrogens with one attached hydrogen (secondary N) is 2. The summed E-state index contributed by atoms with van der Waals surface area (Å²) < 4.78 is 11.1. The largest absolute Gasteiger partial charge is 0.497 e. The maximum atomic E-state index is 12.5. The van der Waals surface area contributed by atoms with Gasteiger partial charge < -0.3 is 19.4 Å². The second-order valence-electron chi connectivity index (χ2n) is 7.68. The van der Waals surface area contributed by atoms with Crippen LogP contribution >= 0.6 is 0 Å². The van der Waals surface area contributed by atoms with Crippen LogP contribution in [0.1, 0.15) is 31.7 Å². The smallest absolute Gasteiger partial charge is 0.274 e. The number of nitrogens with zero attached hydrogens (tertiary/aromatic N) is 2. The molecule has 1 aromatic heterocycles. The molecule has 4 rings (SSSR count). The number of methoxy groups -OCH3 is 1. The molecule has 1 aliphatic rings. The lowest BCUT2D eigenvalue weighted by molar-refractivity contribution is -0.936. The molecular weight excluding hydrogens is 380 g/mol. The van der Waals surface area contributed by atoms with Gasteiger partial charge in [-0.05, 0) is 43.3 Å². The molecule has 3 aromatic rings. The van der Waals surface area contributed by atoms with E-state index >= 15 is 0 Å². The first-order valence-corrected chi connectivity index (χ1v) is 10.3. The highest BCUT2D eigenvalue weighted by Crippen LogP contribution is 2.23. The number of amides is 1. The predicted octanol–water partition coefficient (Wildman–Crippen LogP) is 2.74. The third-order valence-corrected chi connectivity index (χ3v) is 5.80. The number of benzene rings is 2. The lowest BCUT2D eigenvalue weighted by Gasteiger charge is -2.31. The van der Waals surface area contributed by atoms with E-state index in [2.05, 4.69) is 22.4 Å². The molecule has 2 heterocycles. The molecule has 0 bridgehead atoms. The van der Waals surface area contributed by atoms with Crippen molar-refractivity contribution in [1.82, 2.24) is 10.2 Å². The van der Waals surface area contributed by atoms with Crippen LogP contribution in [0.2, 0.25) is 0 Å². The van der Waals surface area contributed by atoms with Crippen molar-refractivity contribution in [3.05, 3.63) is 60.5 Å². The van der Waals surface area contributed by atoms with Gasteiger partial charge in [-0.2, -0.15) is 0 Å². The van der Waals surface area contributed by atoms with Crippen molar-refractivity contribution in [2.24, 2.45) is 5.92 Å². The Hall–Kier alpha value is -3.19. The molecule has 30 heavy (non-hydrogen) atoms. The summed E-state index contributed by atoms with van der Waals surface area (Å²) in [7, 11) is 1.64. The third kappa shape index (κ3) is 4.52. The van der Waals surface area contributed by atoms with E-state index < -0.39 is 0 Å². The quantitative estimate of drug-likeness (QED) is 0.657. The molecule has 2 aromatic carbocycles. The first kappa shape index (κ1) is 20.1. The summed E-state index contributed by atoms with van der Waals surface area (Å²) in [6, 6.07) is 17.3. The predicted molar refractivity (Wildman–Crippen MR) is 113 cm³/mol. The lowest BCUT2D eigenvalue weighted by atomic mass is 9.95. The van der Waals surface area contributed by atoms with Crippen molar-refractivity contribution in [3.63, 3.8) is 0 Å². The highest BCUT2D eigenvalue weighted by atomic mass is 16.5. The Labute approximate surface area is 176 Å². The Morgan fingerprint density at radius 1 is 1.10 bits per heavy atom. The number of carbonyl (C=O) groups is 1. The molecule has 1 saturated heterocycles. The van der Waals surface area contributed by atoms with E-state index in [0.717, 1.165) is 42.9 Å². The minimum absolute atomic E-state index is 0.0405. The van der Waals surface area contributed by atoms with E-state index in [9.17, 15) is 4.79 Å². The van der Waals surface area contributed by atoms with E-state index in [1.807, 2.05) is 54.6 Å². The average Bonchev–Trinajstić information content (AvgIpc) is 3.30. The first-order chi connectivity index (χ1) is 14.6. The van der Waals surface area contributed by atoms with Crippen molar-refractivity contribution in [2.75, 3.05) is 25.5 Å². The van der Waals surface area contributed by atoms with Crippen molar-refractivity contribution in [3.8, 4) is 17.2 Å². The summed E-state index contributed by atoms with van der Waals surface area (Å²) >= 11 is 0. The molecule has 0 unspecified atom stereocenters. The number of ether oxygens (including phenoxy) is 1. The number of para-hydroxylation sites is 1. The van der Waals surface area contributed by atoms with Crippen molar-refractivity contribution in [2.45, 2.75) is 25.8 Å². The summed E-state index contributed by atoms with van der Waals surface area (Å²) in [5.74, 6) is 2.07. The molecular formula is C23H27N4O3+. The summed E-state index contributed by atoms with van der Waals surface area (Å²) in [6.07, 6.45) is 1.69. The highest BCUT2D eigenvalue weighted by Gasteiger charge is 2.32. The second-order valence-corrected chi connectivity index (χ2v) is 7.68. The van der Waals surface area contributed by atoms with Gasteiger partial charge in [0, 0.05) is 30.0 Å². The Kier molecular flexibility index (Phi) is 6.09. The summed E-state index contributed by atoms with van der Waals surface area (Å²) in [4.78, 5) is 13.9. The fraction of sp³-hybridized carbons (Fsp3) is 0.348. The molecule has 0 radical (unpaired) electrons. The number of anilines is 1. The zero-order chi connectivity index (χ0) is 20.9. The maximum Gasteiger partial charge on any atom is 0.274 e. The van der Waals surface area contributed by atoms with Gasteiger partial charge in [0.2, 0.25) is 11.8 Å². The zero-order valence-electron chi connectivity index (χ0n) is 17.3. The number of piperidine rings is 1. The topological polar surface area (TPSA) is 81.7 Å². The van der Waals surface area contributed by atoms with Crippen LogP contribution in [-0.2, 0) is 4.79 Å². The van der Waals surface area contributed by atoms with Gasteiger partial charge >= 0.3 is 0 Å². The van der Waals surface area contributed by atoms with Gasteiger partial charge in [-0.3, -0.25) is 4.79 Å². The Balaban J connectivity index is 1.33. The second kappa shape index (κ2) is 9.09. The minimum Gasteiger partial charge on any atom is -0.497 e. The summed E-state index contributed by atoms with van der Waals surface area (Å²) in [6.45, 7) is 3.90. The van der Waals surface area contributed by atoms with Crippen molar-refractivity contribution < 1.29 is 18.8 Å². The van der Waals surface area contributed by atoms with Crippen LogP contribution < -0.4 is 15.0 Å². The lowest BCUT2D eigenvalue weighted by Crippen LogP contribution is -3.13. The number of hydrogen-bond donors (Lipinski definition) is 2. The van der Waals surface area contributed by atoms with Crippen LogP contribution in [0.25, 0.3) is 11.5 Å². The van der Waals surface area contributed by atoms with E-state index in [1.54, 1.807) is 7.11 Å². The minimum atomic E-state index is 0.0405. The molecule has 1 atom stereocenters. The molecule has 0 aliphatic carbocycles. The van der Waals surface area contributed by atoms with Crippen LogP contribution in [0.15, 0.2) is 59.0 Å². The molecule has 2 N–H and O–H groups in total. The normalized spacial score (nSPS) is 19.8. The number of hydrogen-bond acceptors (Lipinski definition) is 5. The number of likely N-dealkylation sites (tertiary alicyclic amines) is 1. The zero-order valence-corrected chi connectivity index (χ0v) is 17.3. The van der Waals surface area contributed by atoms with Gasteiger partial charge in [-0.1, -0.05) is 18.2 Å². The van der Waals surface area contributed by atoms with Gasteiger partial charge in [0.1, 0.15) is 5.75 Å². The number of rotatable bonds is 6. The van der Waals surface area contributed by atoms with E-state index in [1.165, 1.54) is 4.90 Å². The van der Waals surface area contributed by atoms with E-state index in [4.69, 9.17) is 9.15 Å². The van der Waals surface area contributed by atoms with Gasteiger partial charge in [0.25, 0.3) is 5.89 Å². The molecule has 1 fully saturated rings. The van der Waals surface area contributed by atoms with E-state index in [-0.39, 0.29) is 17.9 Å². The SMILES string of the molecule is COc1ccc(-c2nnc([C@H](C)[NH+]3CCC(C(=O)Nc4ccccc4)CC3)o2)cc1. The highest BCUT2D eigenvalue weighted by molar-refractivity contribution is 5.92. The molecule has 1 aliphatic heterocycles. The Morgan fingerprint density at radius 2 is 1.80 bits per heavy atom. The van der Waals surface area contributed by atoms with Crippen LogP contribution in [-0.4, -0.2) is 36.3 Å². The van der Waals surface area contributed by atoms with Gasteiger partial charge in [-0.25, -0.2) is 0 Å². The van der Waals surface area contributed by atoms with Gasteiger partial charge in [0.05, 0.1) is 20.2 Å². The number of quaternary nitrogens is 1. The van der Waals surface area contributed by atoms with Crippen LogP contribution in [0.5, 0.6) is 5.75 Å². The monoisotopic (exact) mass is 407 g/mol. The number of carbonyl (C=O) groups excluding carboxylic acids is 1. The molecule has 156 valence electrons. The summed E-state index contributed by atoms with van der Waals surface area (Å²) in [5, 5.41) is 11.5. The van der Waals surface area contributed by atoms with Crippen molar-refractivity contribution >= 4 is 11.6 Å². The Bertz CT molecular complexity index is 964. The molecule has 7 nitrogen and oxygen atoms in total. The van der Waals surface area contributed by atoms with Gasteiger partial charge in [-0.15, -0.1) is 10.2 Å². The van der Waals surface area contributed by atoms with E-state index in [0.29, 0.717) is 11.8 Å².